The predicted molar refractivity (Wildman–Crippen MR) is 123 cm³/mol. The molecule has 0 aliphatic carbocycles. The van der Waals surface area contributed by atoms with Crippen LogP contribution in [0.2, 0.25) is 0 Å². The lowest BCUT2D eigenvalue weighted by molar-refractivity contribution is -0.124. The Hall–Kier alpha value is -3.02. The summed E-state index contributed by atoms with van der Waals surface area (Å²) < 4.78 is 11.2. The zero-order valence-electron chi connectivity index (χ0n) is 19.5. The lowest BCUT2D eigenvalue weighted by Gasteiger charge is -2.25. The first-order chi connectivity index (χ1) is 14.6. The van der Waals surface area contributed by atoms with E-state index in [1.807, 2.05) is 71.9 Å². The first-order valence-electron chi connectivity index (χ1n) is 10.6. The van der Waals surface area contributed by atoms with Crippen molar-refractivity contribution in [2.24, 2.45) is 5.92 Å². The first-order valence-corrected chi connectivity index (χ1v) is 10.6. The highest BCUT2D eigenvalue weighted by Crippen LogP contribution is 2.31. The van der Waals surface area contributed by atoms with E-state index in [9.17, 15) is 9.59 Å². The maximum absolute atomic E-state index is 13.0. The highest BCUT2D eigenvalue weighted by Gasteiger charge is 2.26. The molecule has 0 spiro atoms. The fraction of sp³-hybridized carbons (Fsp3) is 0.440. The van der Waals surface area contributed by atoms with E-state index in [4.69, 9.17) is 9.47 Å². The van der Waals surface area contributed by atoms with Crippen molar-refractivity contribution in [2.45, 2.75) is 59.7 Å². The quantitative estimate of drug-likeness (QED) is 0.622. The third-order valence-corrected chi connectivity index (χ3v) is 4.93. The van der Waals surface area contributed by atoms with Gasteiger partial charge in [-0.25, -0.2) is 0 Å². The summed E-state index contributed by atoms with van der Waals surface area (Å²) in [6.45, 7) is 11.5. The maximum atomic E-state index is 13.0. The number of aryl methyl sites for hydroxylation is 1. The van der Waals surface area contributed by atoms with Crippen molar-refractivity contribution in [3.8, 4) is 11.5 Å². The topological polar surface area (TPSA) is 76.7 Å². The average Bonchev–Trinajstić information content (AvgIpc) is 2.71. The van der Waals surface area contributed by atoms with E-state index in [-0.39, 0.29) is 29.9 Å². The van der Waals surface area contributed by atoms with E-state index in [0.29, 0.717) is 17.1 Å². The summed E-state index contributed by atoms with van der Waals surface area (Å²) in [4.78, 5) is 25.6. The Morgan fingerprint density at radius 3 is 2.19 bits per heavy atom. The fourth-order valence-corrected chi connectivity index (χ4v) is 3.24. The number of nitrogens with one attached hydrogen (secondary N) is 2. The van der Waals surface area contributed by atoms with Crippen molar-refractivity contribution >= 4 is 11.8 Å². The van der Waals surface area contributed by atoms with Crippen molar-refractivity contribution in [1.29, 1.82) is 0 Å². The van der Waals surface area contributed by atoms with Crippen LogP contribution in [0.25, 0.3) is 0 Å². The minimum absolute atomic E-state index is 0.0284. The number of carbonyl (C=O) groups is 2. The Morgan fingerprint density at radius 1 is 0.903 bits per heavy atom. The van der Waals surface area contributed by atoms with Crippen molar-refractivity contribution in [1.82, 2.24) is 10.6 Å². The number of carbonyl (C=O) groups excluding carboxylic acids is 2. The molecule has 0 aliphatic heterocycles. The summed E-state index contributed by atoms with van der Waals surface area (Å²) in [5.41, 5.74) is 2.41. The molecule has 0 heterocycles. The molecule has 0 radical (unpaired) electrons. The second-order valence-corrected chi connectivity index (χ2v) is 8.37. The molecule has 0 bridgehead atoms. The lowest BCUT2D eigenvalue weighted by Crippen LogP contribution is -2.50. The zero-order chi connectivity index (χ0) is 23.1. The molecule has 0 saturated heterocycles. The molecular weight excluding hydrogens is 392 g/mol. The zero-order valence-corrected chi connectivity index (χ0v) is 19.5. The van der Waals surface area contributed by atoms with Gasteiger partial charge in [0, 0.05) is 5.56 Å². The molecule has 0 fully saturated rings. The lowest BCUT2D eigenvalue weighted by atomic mass is 10.0. The number of hydrogen-bond donors (Lipinski definition) is 2. The van der Waals surface area contributed by atoms with Gasteiger partial charge in [-0.15, -0.1) is 0 Å². The molecule has 2 aromatic carbocycles. The van der Waals surface area contributed by atoms with Gasteiger partial charge in [-0.3, -0.25) is 9.59 Å². The summed E-state index contributed by atoms with van der Waals surface area (Å²) in [7, 11) is 1.59. The van der Waals surface area contributed by atoms with E-state index in [1.165, 1.54) is 0 Å². The third-order valence-electron chi connectivity index (χ3n) is 4.93. The third kappa shape index (κ3) is 6.74. The molecule has 2 amide bonds. The van der Waals surface area contributed by atoms with Gasteiger partial charge in [0.15, 0.2) is 11.5 Å². The average molecular weight is 427 g/mol. The summed E-state index contributed by atoms with van der Waals surface area (Å²) >= 11 is 0. The molecule has 0 aliphatic rings. The number of rotatable bonds is 9. The van der Waals surface area contributed by atoms with E-state index >= 15 is 0 Å². The Labute approximate surface area is 185 Å². The van der Waals surface area contributed by atoms with E-state index in [2.05, 4.69) is 10.6 Å². The Morgan fingerprint density at radius 2 is 1.61 bits per heavy atom. The van der Waals surface area contributed by atoms with Crippen LogP contribution in [-0.2, 0) is 4.79 Å². The number of benzene rings is 2. The summed E-state index contributed by atoms with van der Waals surface area (Å²) in [5, 5.41) is 5.88. The SMILES string of the molecule is COc1cc(C(C)NC(=O)C(NC(=O)c2cccc(C)c2)C(C)C)ccc1OC(C)C. The van der Waals surface area contributed by atoms with Crippen molar-refractivity contribution in [2.75, 3.05) is 7.11 Å². The summed E-state index contributed by atoms with van der Waals surface area (Å²) in [6, 6.07) is 12.0. The standard InChI is InChI=1S/C25H34N2O4/c1-15(2)23(27-24(28)20-10-8-9-17(5)13-20)25(29)26-18(6)19-11-12-21(31-16(3)4)22(14-19)30-7/h8-16,18,23H,1-7H3,(H,26,29)(H,27,28). The number of ether oxygens (including phenoxy) is 2. The molecule has 0 saturated carbocycles. The molecule has 2 unspecified atom stereocenters. The van der Waals surface area contributed by atoms with Crippen molar-refractivity contribution in [3.63, 3.8) is 0 Å². The second-order valence-electron chi connectivity index (χ2n) is 8.37. The van der Waals surface area contributed by atoms with Crippen LogP contribution in [-0.4, -0.2) is 31.1 Å². The Balaban J connectivity index is 2.12. The molecule has 2 rings (SSSR count). The second kappa shape index (κ2) is 10.8. The summed E-state index contributed by atoms with van der Waals surface area (Å²) in [5.74, 6) is 0.704. The van der Waals surface area contributed by atoms with Crippen LogP contribution in [0.5, 0.6) is 11.5 Å². The monoisotopic (exact) mass is 426 g/mol. The fourth-order valence-electron chi connectivity index (χ4n) is 3.24. The highest BCUT2D eigenvalue weighted by molar-refractivity contribution is 5.97. The smallest absolute Gasteiger partial charge is 0.251 e. The van der Waals surface area contributed by atoms with Gasteiger partial charge in [-0.2, -0.15) is 0 Å². The van der Waals surface area contributed by atoms with E-state index in [0.717, 1.165) is 11.1 Å². The van der Waals surface area contributed by atoms with Gasteiger partial charge in [0.05, 0.1) is 19.3 Å². The first kappa shape index (κ1) is 24.3. The largest absolute Gasteiger partial charge is 0.493 e. The van der Waals surface area contributed by atoms with Crippen molar-refractivity contribution < 1.29 is 19.1 Å². The van der Waals surface area contributed by atoms with Crippen LogP contribution in [0.15, 0.2) is 42.5 Å². The van der Waals surface area contributed by atoms with Crippen LogP contribution in [0.3, 0.4) is 0 Å². The molecule has 2 atom stereocenters. The minimum Gasteiger partial charge on any atom is -0.493 e. The maximum Gasteiger partial charge on any atom is 0.251 e. The van der Waals surface area contributed by atoms with Gasteiger partial charge in [-0.1, -0.05) is 37.6 Å². The van der Waals surface area contributed by atoms with Crippen LogP contribution < -0.4 is 20.1 Å². The number of hydrogen-bond acceptors (Lipinski definition) is 4. The molecule has 31 heavy (non-hydrogen) atoms. The highest BCUT2D eigenvalue weighted by atomic mass is 16.5. The number of methoxy groups -OCH3 is 1. The van der Waals surface area contributed by atoms with Gasteiger partial charge < -0.3 is 20.1 Å². The van der Waals surface area contributed by atoms with Gasteiger partial charge in [0.2, 0.25) is 5.91 Å². The van der Waals surface area contributed by atoms with Crippen LogP contribution >= 0.6 is 0 Å². The number of amides is 2. The molecule has 2 aromatic rings. The normalized spacial score (nSPS) is 12.9. The predicted octanol–water partition coefficient (Wildman–Crippen LogP) is 4.42. The summed E-state index contributed by atoms with van der Waals surface area (Å²) in [6.07, 6.45) is 0.0284. The van der Waals surface area contributed by atoms with E-state index < -0.39 is 6.04 Å². The molecule has 6 heteroatoms. The van der Waals surface area contributed by atoms with Crippen molar-refractivity contribution in [3.05, 3.63) is 59.2 Å². The van der Waals surface area contributed by atoms with Gasteiger partial charge in [-0.05, 0) is 63.4 Å². The minimum atomic E-state index is -0.652. The Bertz CT molecular complexity index is 908. The molecule has 6 nitrogen and oxygen atoms in total. The van der Waals surface area contributed by atoms with Gasteiger partial charge >= 0.3 is 0 Å². The van der Waals surface area contributed by atoms with E-state index in [1.54, 1.807) is 19.2 Å². The molecule has 2 N–H and O–H groups in total. The molecule has 0 aromatic heterocycles. The molecular formula is C25H34N2O4. The van der Waals surface area contributed by atoms with Crippen LogP contribution in [0.1, 0.15) is 62.1 Å². The Kier molecular flexibility index (Phi) is 8.48. The van der Waals surface area contributed by atoms with Crippen LogP contribution in [0.4, 0.5) is 0 Å². The van der Waals surface area contributed by atoms with Gasteiger partial charge in [0.25, 0.3) is 5.91 Å². The molecule has 168 valence electrons. The van der Waals surface area contributed by atoms with Crippen LogP contribution in [0, 0.1) is 12.8 Å². The van der Waals surface area contributed by atoms with Gasteiger partial charge in [0.1, 0.15) is 6.04 Å².